The molecule has 1 heterocycles. The van der Waals surface area contributed by atoms with E-state index in [1.807, 2.05) is 0 Å². The van der Waals surface area contributed by atoms with E-state index in [1.165, 1.54) is 17.1 Å². The molecule has 0 saturated heterocycles. The van der Waals surface area contributed by atoms with Gasteiger partial charge in [0.2, 0.25) is 10.0 Å². The van der Waals surface area contributed by atoms with E-state index in [0.717, 1.165) is 12.8 Å². The van der Waals surface area contributed by atoms with E-state index >= 15 is 0 Å². The van der Waals surface area contributed by atoms with Crippen LogP contribution < -0.4 is 4.72 Å². The molecule has 1 N–H and O–H groups in total. The highest BCUT2D eigenvalue weighted by molar-refractivity contribution is 7.89. The quantitative estimate of drug-likeness (QED) is 0.817. The van der Waals surface area contributed by atoms with Crippen molar-refractivity contribution in [2.45, 2.75) is 31.6 Å². The van der Waals surface area contributed by atoms with Crippen LogP contribution in [0.5, 0.6) is 0 Å². The topological polar surface area (TPSA) is 64.0 Å². The Morgan fingerprint density at radius 1 is 1.44 bits per heavy atom. The first-order valence-corrected chi connectivity index (χ1v) is 6.96. The monoisotopic (exact) mass is 245 g/mol. The van der Waals surface area contributed by atoms with Crippen LogP contribution in [0.3, 0.4) is 0 Å². The Kier molecular flexibility index (Phi) is 4.49. The Labute approximate surface area is 96.9 Å². The van der Waals surface area contributed by atoms with E-state index < -0.39 is 10.0 Å². The van der Waals surface area contributed by atoms with E-state index in [2.05, 4.69) is 23.7 Å². The summed E-state index contributed by atoms with van der Waals surface area (Å²) in [5.74, 6) is 0.395. The Hall–Kier alpha value is -0.880. The number of sulfonamides is 1. The fourth-order valence-corrected chi connectivity index (χ4v) is 2.52. The predicted molar refractivity (Wildman–Crippen MR) is 62.5 cm³/mol. The standard InChI is InChI=1S/C10H19N3O2S/c1-4-9(5-2)6-12-16(14,15)10-7-11-13(3)8-10/h7-9,12H,4-6H2,1-3H3. The van der Waals surface area contributed by atoms with Crippen LogP contribution >= 0.6 is 0 Å². The van der Waals surface area contributed by atoms with E-state index in [4.69, 9.17) is 0 Å². The lowest BCUT2D eigenvalue weighted by atomic mass is 10.0. The number of hydrogen-bond acceptors (Lipinski definition) is 3. The van der Waals surface area contributed by atoms with Crippen molar-refractivity contribution >= 4 is 10.0 Å². The van der Waals surface area contributed by atoms with Crippen molar-refractivity contribution in [2.75, 3.05) is 6.54 Å². The van der Waals surface area contributed by atoms with Gasteiger partial charge in [-0.15, -0.1) is 0 Å². The summed E-state index contributed by atoms with van der Waals surface area (Å²) >= 11 is 0. The van der Waals surface area contributed by atoms with Crippen molar-refractivity contribution in [2.24, 2.45) is 13.0 Å². The molecule has 5 nitrogen and oxygen atoms in total. The lowest BCUT2D eigenvalue weighted by Crippen LogP contribution is -2.28. The number of rotatable bonds is 6. The van der Waals surface area contributed by atoms with Gasteiger partial charge in [0, 0.05) is 19.8 Å². The highest BCUT2D eigenvalue weighted by Gasteiger charge is 2.16. The average molecular weight is 245 g/mol. The minimum atomic E-state index is -3.39. The van der Waals surface area contributed by atoms with Gasteiger partial charge in [-0.3, -0.25) is 4.68 Å². The van der Waals surface area contributed by atoms with Crippen LogP contribution in [-0.2, 0) is 17.1 Å². The molecule has 0 spiro atoms. The molecule has 0 amide bonds. The van der Waals surface area contributed by atoms with Crippen LogP contribution in [0, 0.1) is 5.92 Å². The highest BCUT2D eigenvalue weighted by atomic mass is 32.2. The molecule has 0 saturated carbocycles. The molecule has 0 atom stereocenters. The van der Waals surface area contributed by atoms with E-state index in [-0.39, 0.29) is 4.90 Å². The Bertz CT molecular complexity index is 421. The second-order valence-corrected chi connectivity index (χ2v) is 5.65. The third-order valence-corrected chi connectivity index (χ3v) is 4.09. The molecule has 1 aromatic rings. The van der Waals surface area contributed by atoms with Crippen molar-refractivity contribution in [3.05, 3.63) is 12.4 Å². The second-order valence-electron chi connectivity index (χ2n) is 3.88. The summed E-state index contributed by atoms with van der Waals surface area (Å²) < 4.78 is 27.7. The van der Waals surface area contributed by atoms with Gasteiger partial charge in [0.25, 0.3) is 0 Å². The molecule has 1 rings (SSSR count). The van der Waals surface area contributed by atoms with Gasteiger partial charge < -0.3 is 0 Å². The SMILES string of the molecule is CCC(CC)CNS(=O)(=O)c1cnn(C)c1. The third-order valence-electron chi connectivity index (χ3n) is 2.71. The third kappa shape index (κ3) is 3.31. The Morgan fingerprint density at radius 3 is 2.50 bits per heavy atom. The summed E-state index contributed by atoms with van der Waals surface area (Å²) in [6, 6.07) is 0. The molecule has 0 fully saturated rings. The summed E-state index contributed by atoms with van der Waals surface area (Å²) in [5.41, 5.74) is 0. The fraction of sp³-hybridized carbons (Fsp3) is 0.700. The first-order chi connectivity index (χ1) is 7.49. The molecule has 0 aliphatic rings. The van der Waals surface area contributed by atoms with Crippen molar-refractivity contribution in [1.82, 2.24) is 14.5 Å². The van der Waals surface area contributed by atoms with Gasteiger partial charge in [-0.1, -0.05) is 26.7 Å². The van der Waals surface area contributed by atoms with Crippen molar-refractivity contribution in [1.29, 1.82) is 0 Å². The van der Waals surface area contributed by atoms with Crippen LogP contribution in [0.25, 0.3) is 0 Å². The first kappa shape index (κ1) is 13.2. The van der Waals surface area contributed by atoms with E-state index in [9.17, 15) is 8.42 Å². The van der Waals surface area contributed by atoms with Crippen LogP contribution in [0.4, 0.5) is 0 Å². The molecular weight excluding hydrogens is 226 g/mol. The van der Waals surface area contributed by atoms with Crippen LogP contribution in [0.1, 0.15) is 26.7 Å². The summed E-state index contributed by atoms with van der Waals surface area (Å²) in [7, 11) is -1.69. The number of aromatic nitrogens is 2. The molecule has 0 aromatic carbocycles. The van der Waals surface area contributed by atoms with Crippen LogP contribution in [-0.4, -0.2) is 24.7 Å². The normalized spacial score (nSPS) is 12.2. The minimum absolute atomic E-state index is 0.223. The first-order valence-electron chi connectivity index (χ1n) is 5.48. The Morgan fingerprint density at radius 2 is 2.06 bits per heavy atom. The number of hydrogen-bond donors (Lipinski definition) is 1. The summed E-state index contributed by atoms with van der Waals surface area (Å²) in [4.78, 5) is 0.223. The lowest BCUT2D eigenvalue weighted by molar-refractivity contribution is 0.479. The maximum Gasteiger partial charge on any atom is 0.243 e. The van der Waals surface area contributed by atoms with Crippen molar-refractivity contribution in [3.8, 4) is 0 Å². The fourth-order valence-electron chi connectivity index (χ4n) is 1.43. The van der Waals surface area contributed by atoms with Crippen molar-refractivity contribution < 1.29 is 8.42 Å². The van der Waals surface area contributed by atoms with Crippen molar-refractivity contribution in [3.63, 3.8) is 0 Å². The zero-order valence-corrected chi connectivity index (χ0v) is 10.8. The number of aryl methyl sites for hydroxylation is 1. The van der Waals surface area contributed by atoms with Crippen LogP contribution in [0.15, 0.2) is 17.3 Å². The number of nitrogens with one attached hydrogen (secondary N) is 1. The van der Waals surface area contributed by atoms with Gasteiger partial charge in [0.05, 0.1) is 6.20 Å². The maximum atomic E-state index is 11.8. The lowest BCUT2D eigenvalue weighted by Gasteiger charge is -2.12. The Balaban J connectivity index is 2.66. The molecule has 0 aliphatic heterocycles. The highest BCUT2D eigenvalue weighted by Crippen LogP contribution is 2.09. The summed E-state index contributed by atoms with van der Waals surface area (Å²) in [6.45, 7) is 4.61. The number of nitrogens with zero attached hydrogens (tertiary/aromatic N) is 2. The van der Waals surface area contributed by atoms with E-state index in [1.54, 1.807) is 7.05 Å². The smallest absolute Gasteiger partial charge is 0.243 e. The van der Waals surface area contributed by atoms with Gasteiger partial charge in [-0.05, 0) is 5.92 Å². The molecule has 0 unspecified atom stereocenters. The molecule has 6 heteroatoms. The zero-order chi connectivity index (χ0) is 12.2. The summed E-state index contributed by atoms with van der Waals surface area (Å²) in [6.07, 6.45) is 4.81. The van der Waals surface area contributed by atoms with Gasteiger partial charge in [0.1, 0.15) is 4.90 Å². The maximum absolute atomic E-state index is 11.8. The van der Waals surface area contributed by atoms with E-state index in [0.29, 0.717) is 12.5 Å². The molecule has 1 aromatic heterocycles. The van der Waals surface area contributed by atoms with Gasteiger partial charge in [-0.25, -0.2) is 13.1 Å². The summed E-state index contributed by atoms with van der Waals surface area (Å²) in [5, 5.41) is 3.85. The van der Waals surface area contributed by atoms with Gasteiger partial charge in [-0.2, -0.15) is 5.10 Å². The minimum Gasteiger partial charge on any atom is -0.274 e. The second kappa shape index (κ2) is 5.45. The van der Waals surface area contributed by atoms with Gasteiger partial charge in [0.15, 0.2) is 0 Å². The van der Waals surface area contributed by atoms with Crippen LogP contribution in [0.2, 0.25) is 0 Å². The molecule has 16 heavy (non-hydrogen) atoms. The molecule has 0 radical (unpaired) electrons. The predicted octanol–water partition coefficient (Wildman–Crippen LogP) is 1.13. The molecule has 92 valence electrons. The molecular formula is C10H19N3O2S. The zero-order valence-electron chi connectivity index (χ0n) is 9.97. The van der Waals surface area contributed by atoms with Gasteiger partial charge >= 0.3 is 0 Å². The average Bonchev–Trinajstić information content (AvgIpc) is 2.67. The largest absolute Gasteiger partial charge is 0.274 e. The molecule has 0 aliphatic carbocycles. The molecule has 0 bridgehead atoms.